The molecule has 0 aromatic heterocycles. The van der Waals surface area contributed by atoms with Gasteiger partial charge < -0.3 is 15.2 Å². The number of carboxylic acid groups (broad SMARTS) is 1. The second-order valence-electron chi connectivity index (χ2n) is 3.91. The lowest BCUT2D eigenvalue weighted by Gasteiger charge is -2.29. The fourth-order valence-corrected chi connectivity index (χ4v) is 1.79. The van der Waals surface area contributed by atoms with Gasteiger partial charge in [-0.3, -0.25) is 0 Å². The zero-order valence-electron chi connectivity index (χ0n) is 10.8. The highest BCUT2D eigenvalue weighted by molar-refractivity contribution is 5.86. The number of rotatable bonds is 6. The summed E-state index contributed by atoms with van der Waals surface area (Å²) in [4.78, 5) is 23.2. The Morgan fingerprint density at radius 1 is 1.42 bits per heavy atom. The summed E-state index contributed by atoms with van der Waals surface area (Å²) in [5, 5.41) is 11.9. The fraction of sp³-hybridized carbons (Fsp3) is 0.286. The van der Waals surface area contributed by atoms with Crippen LogP contribution >= 0.6 is 0 Å². The highest BCUT2D eigenvalue weighted by Gasteiger charge is 2.41. The predicted octanol–water partition coefficient (Wildman–Crippen LogP) is 2.29. The molecule has 0 aliphatic carbocycles. The van der Waals surface area contributed by atoms with Gasteiger partial charge in [0, 0.05) is 6.42 Å². The molecule has 102 valence electrons. The molecule has 0 aliphatic heterocycles. The largest absolute Gasteiger partial charge is 0.479 e. The summed E-state index contributed by atoms with van der Waals surface area (Å²) in [5.41, 5.74) is -1.09. The van der Waals surface area contributed by atoms with E-state index in [0.29, 0.717) is 5.56 Å². The Balaban J connectivity index is 3.18. The van der Waals surface area contributed by atoms with Crippen molar-refractivity contribution in [2.75, 3.05) is 6.61 Å². The number of hydrogen-bond acceptors (Lipinski definition) is 3. The molecule has 0 saturated carbocycles. The number of amides is 1. The monoisotopic (exact) mass is 263 g/mol. The standard InChI is InChI=1S/C14H17NO4/c1-3-10-14(12(16)17,15-13(18)19-4-2)11-8-6-5-7-9-11/h3,5-9H,1,4,10H2,2H3,(H,15,18)(H,16,17)/t14-/m0/s1. The third-order valence-corrected chi connectivity index (χ3v) is 2.67. The number of hydrogen-bond donors (Lipinski definition) is 2. The molecule has 0 unspecified atom stereocenters. The number of carbonyl (C=O) groups is 2. The van der Waals surface area contributed by atoms with Crippen molar-refractivity contribution in [3.8, 4) is 0 Å². The van der Waals surface area contributed by atoms with Crippen LogP contribution in [0.4, 0.5) is 4.79 Å². The van der Waals surface area contributed by atoms with E-state index in [2.05, 4.69) is 11.9 Å². The molecule has 19 heavy (non-hydrogen) atoms. The maximum Gasteiger partial charge on any atom is 0.408 e. The lowest BCUT2D eigenvalue weighted by molar-refractivity contribution is -0.145. The topological polar surface area (TPSA) is 75.6 Å². The first-order valence-electron chi connectivity index (χ1n) is 5.91. The van der Waals surface area contributed by atoms with Crippen LogP contribution in [0.5, 0.6) is 0 Å². The lowest BCUT2D eigenvalue weighted by atomic mass is 9.86. The lowest BCUT2D eigenvalue weighted by Crippen LogP contribution is -2.51. The van der Waals surface area contributed by atoms with Crippen LogP contribution in [0.25, 0.3) is 0 Å². The second-order valence-corrected chi connectivity index (χ2v) is 3.91. The van der Waals surface area contributed by atoms with E-state index in [1.54, 1.807) is 37.3 Å². The van der Waals surface area contributed by atoms with Crippen LogP contribution in [-0.4, -0.2) is 23.8 Å². The van der Waals surface area contributed by atoms with E-state index in [4.69, 9.17) is 4.74 Å². The van der Waals surface area contributed by atoms with Crippen molar-refractivity contribution in [2.24, 2.45) is 0 Å². The van der Waals surface area contributed by atoms with Crippen molar-refractivity contribution in [1.29, 1.82) is 0 Å². The first-order valence-corrected chi connectivity index (χ1v) is 5.91. The minimum absolute atomic E-state index is 0.0607. The average molecular weight is 263 g/mol. The van der Waals surface area contributed by atoms with E-state index in [1.807, 2.05) is 0 Å². The van der Waals surface area contributed by atoms with Gasteiger partial charge in [-0.05, 0) is 12.5 Å². The Morgan fingerprint density at radius 3 is 2.53 bits per heavy atom. The van der Waals surface area contributed by atoms with Crippen molar-refractivity contribution in [1.82, 2.24) is 5.32 Å². The second kappa shape index (κ2) is 6.58. The molecule has 0 fully saturated rings. The van der Waals surface area contributed by atoms with Crippen molar-refractivity contribution < 1.29 is 19.4 Å². The summed E-state index contributed by atoms with van der Waals surface area (Å²) in [7, 11) is 0. The molecule has 1 rings (SSSR count). The number of ether oxygens (including phenoxy) is 1. The molecule has 2 N–H and O–H groups in total. The molecule has 5 heteroatoms. The van der Waals surface area contributed by atoms with E-state index in [1.165, 1.54) is 6.08 Å². The molecule has 0 bridgehead atoms. The molecule has 5 nitrogen and oxygen atoms in total. The van der Waals surface area contributed by atoms with Crippen LogP contribution in [0.3, 0.4) is 0 Å². The van der Waals surface area contributed by atoms with Gasteiger partial charge in [0.15, 0.2) is 5.54 Å². The molecular weight excluding hydrogens is 246 g/mol. The average Bonchev–Trinajstić information content (AvgIpc) is 2.39. The third-order valence-electron chi connectivity index (χ3n) is 2.67. The summed E-state index contributed by atoms with van der Waals surface area (Å²) in [6, 6.07) is 8.48. The van der Waals surface area contributed by atoms with E-state index in [9.17, 15) is 14.7 Å². The van der Waals surface area contributed by atoms with Crippen molar-refractivity contribution in [2.45, 2.75) is 18.9 Å². The highest BCUT2D eigenvalue weighted by Crippen LogP contribution is 2.26. The molecular formula is C14H17NO4. The molecule has 0 saturated heterocycles. The van der Waals surface area contributed by atoms with E-state index in [0.717, 1.165) is 0 Å². The summed E-state index contributed by atoms with van der Waals surface area (Å²) in [5.74, 6) is -1.16. The van der Waals surface area contributed by atoms with Gasteiger partial charge in [0.25, 0.3) is 0 Å². The molecule has 0 aliphatic rings. The summed E-state index contributed by atoms with van der Waals surface area (Å²) >= 11 is 0. The zero-order chi connectivity index (χ0) is 14.3. The maximum atomic E-state index is 11.6. The smallest absolute Gasteiger partial charge is 0.408 e. The van der Waals surface area contributed by atoms with E-state index >= 15 is 0 Å². The van der Waals surface area contributed by atoms with Gasteiger partial charge in [0.05, 0.1) is 6.61 Å². The Kier molecular flexibility index (Phi) is 5.11. The fourth-order valence-electron chi connectivity index (χ4n) is 1.79. The van der Waals surface area contributed by atoms with Crippen LogP contribution in [-0.2, 0) is 15.1 Å². The number of nitrogens with one attached hydrogen (secondary N) is 1. The first-order chi connectivity index (χ1) is 9.06. The first kappa shape index (κ1) is 14.8. The normalized spacial score (nSPS) is 13.1. The summed E-state index contributed by atoms with van der Waals surface area (Å²) in [6.45, 7) is 5.37. The minimum atomic E-state index is -1.56. The Bertz CT molecular complexity index is 458. The Morgan fingerprint density at radius 2 is 2.05 bits per heavy atom. The number of benzene rings is 1. The van der Waals surface area contributed by atoms with E-state index < -0.39 is 17.6 Å². The number of aliphatic carboxylic acids is 1. The molecule has 1 atom stereocenters. The molecule has 0 heterocycles. The Hall–Kier alpha value is -2.30. The third kappa shape index (κ3) is 3.34. The van der Waals surface area contributed by atoms with Gasteiger partial charge in [-0.1, -0.05) is 36.4 Å². The Labute approximate surface area is 111 Å². The molecule has 1 amide bonds. The van der Waals surface area contributed by atoms with Crippen LogP contribution in [0.1, 0.15) is 18.9 Å². The van der Waals surface area contributed by atoms with Gasteiger partial charge in [-0.25, -0.2) is 9.59 Å². The maximum absolute atomic E-state index is 11.6. The number of carbonyl (C=O) groups excluding carboxylic acids is 1. The quantitative estimate of drug-likeness (QED) is 0.772. The molecule has 1 aromatic rings. The van der Waals surface area contributed by atoms with Crippen molar-refractivity contribution >= 4 is 12.1 Å². The van der Waals surface area contributed by atoms with Crippen molar-refractivity contribution in [3.63, 3.8) is 0 Å². The van der Waals surface area contributed by atoms with Gasteiger partial charge in [0.1, 0.15) is 0 Å². The molecule has 0 spiro atoms. The summed E-state index contributed by atoms with van der Waals surface area (Å²) < 4.78 is 4.77. The minimum Gasteiger partial charge on any atom is -0.479 e. The van der Waals surface area contributed by atoms with Crippen LogP contribution < -0.4 is 5.32 Å². The number of carboxylic acids is 1. The predicted molar refractivity (Wildman–Crippen MR) is 70.7 cm³/mol. The SMILES string of the molecule is C=CC[C@@](NC(=O)OCC)(C(=O)O)c1ccccc1. The number of alkyl carbamates (subject to hydrolysis) is 1. The van der Waals surface area contributed by atoms with Crippen molar-refractivity contribution in [3.05, 3.63) is 48.6 Å². The van der Waals surface area contributed by atoms with Crippen LogP contribution in [0.2, 0.25) is 0 Å². The van der Waals surface area contributed by atoms with Gasteiger partial charge in [-0.15, -0.1) is 6.58 Å². The zero-order valence-corrected chi connectivity index (χ0v) is 10.8. The van der Waals surface area contributed by atoms with Gasteiger partial charge in [0.2, 0.25) is 0 Å². The van der Waals surface area contributed by atoms with Gasteiger partial charge in [-0.2, -0.15) is 0 Å². The molecule has 0 radical (unpaired) electrons. The van der Waals surface area contributed by atoms with Gasteiger partial charge >= 0.3 is 12.1 Å². The molecule has 1 aromatic carbocycles. The van der Waals surface area contributed by atoms with Crippen LogP contribution in [0.15, 0.2) is 43.0 Å². The van der Waals surface area contributed by atoms with E-state index in [-0.39, 0.29) is 13.0 Å². The summed E-state index contributed by atoms with van der Waals surface area (Å²) in [6.07, 6.45) is 0.744. The van der Waals surface area contributed by atoms with Crippen LogP contribution in [0, 0.1) is 0 Å². The highest BCUT2D eigenvalue weighted by atomic mass is 16.5.